The highest BCUT2D eigenvalue weighted by atomic mass is 16.5. The fraction of sp³-hybridized carbons (Fsp3) is 0.400. The number of hydrogen-bond donors (Lipinski definition) is 3. The molecule has 1 atom stereocenters. The normalized spacial score (nSPS) is 15.6. The molecule has 1 aliphatic rings. The van der Waals surface area contributed by atoms with Gasteiger partial charge in [-0.05, 0) is 13.0 Å². The van der Waals surface area contributed by atoms with Gasteiger partial charge < -0.3 is 15.6 Å². The van der Waals surface area contributed by atoms with Gasteiger partial charge in [0.25, 0.3) is 0 Å². The third kappa shape index (κ3) is 14.2. The molecule has 1 saturated heterocycles. The van der Waals surface area contributed by atoms with Crippen LogP contribution in [0.5, 0.6) is 0 Å². The van der Waals surface area contributed by atoms with Gasteiger partial charge in [-0.25, -0.2) is 4.79 Å². The van der Waals surface area contributed by atoms with Gasteiger partial charge in [0.05, 0.1) is 6.07 Å². The number of ether oxygens (including phenoxy) is 1. The molecule has 8 heteroatoms. The molecule has 0 aromatic heterocycles. The van der Waals surface area contributed by atoms with Gasteiger partial charge in [-0.15, -0.1) is 0 Å². The molecule has 0 aromatic rings. The Morgan fingerprint density at radius 2 is 2.09 bits per heavy atom. The molecule has 1 aliphatic heterocycles. The van der Waals surface area contributed by atoms with Crippen molar-refractivity contribution in [3.8, 4) is 6.07 Å². The van der Waals surface area contributed by atoms with Gasteiger partial charge in [0, 0.05) is 31.3 Å². The van der Waals surface area contributed by atoms with Crippen molar-refractivity contribution in [3.05, 3.63) is 37.5 Å². The van der Waals surface area contributed by atoms with Crippen molar-refractivity contribution < 1.29 is 19.4 Å². The third-order valence-corrected chi connectivity index (χ3v) is 2.32. The van der Waals surface area contributed by atoms with E-state index in [9.17, 15) is 14.7 Å². The van der Waals surface area contributed by atoms with Crippen LogP contribution in [-0.2, 0) is 14.3 Å². The summed E-state index contributed by atoms with van der Waals surface area (Å²) < 4.78 is 4.89. The first-order valence-corrected chi connectivity index (χ1v) is 6.70. The lowest BCUT2D eigenvalue weighted by Crippen LogP contribution is -2.37. The Balaban J connectivity index is 0. The number of rotatable bonds is 5. The number of carbonyl (C=O) groups is 2. The molecular formula is C15H24N4O4. The van der Waals surface area contributed by atoms with E-state index in [1.165, 1.54) is 6.08 Å². The number of aliphatic hydroxyl groups excluding tert-OH is 1. The number of nitrogens with zero attached hydrogens (tertiary/aromatic N) is 2. The molecule has 1 rings (SSSR count). The van der Waals surface area contributed by atoms with E-state index in [0.29, 0.717) is 12.1 Å². The molecule has 0 bridgehead atoms. The monoisotopic (exact) mass is 324 g/mol. The van der Waals surface area contributed by atoms with Crippen LogP contribution in [0.4, 0.5) is 0 Å². The van der Waals surface area contributed by atoms with Crippen LogP contribution >= 0.6 is 0 Å². The Hall–Kier alpha value is -2.47. The number of nitrogens with one attached hydrogen (secondary N) is 1. The zero-order chi connectivity index (χ0) is 18.3. The van der Waals surface area contributed by atoms with E-state index in [2.05, 4.69) is 30.8 Å². The van der Waals surface area contributed by atoms with Crippen LogP contribution in [0, 0.1) is 11.3 Å². The van der Waals surface area contributed by atoms with Gasteiger partial charge in [-0.2, -0.15) is 5.26 Å². The molecule has 1 unspecified atom stereocenters. The third-order valence-electron chi connectivity index (χ3n) is 2.32. The van der Waals surface area contributed by atoms with Crippen LogP contribution in [0.2, 0.25) is 0 Å². The first-order chi connectivity index (χ1) is 10.8. The fourth-order valence-electron chi connectivity index (χ4n) is 1.20. The zero-order valence-corrected chi connectivity index (χ0v) is 13.3. The molecule has 1 fully saturated rings. The van der Waals surface area contributed by atoms with Crippen molar-refractivity contribution in [3.63, 3.8) is 0 Å². The molecular weight excluding hydrogens is 300 g/mol. The predicted octanol–water partition coefficient (Wildman–Crippen LogP) is -0.360. The maximum atomic E-state index is 11.0. The van der Waals surface area contributed by atoms with Crippen molar-refractivity contribution in [1.29, 1.82) is 5.26 Å². The molecule has 0 saturated carbocycles. The van der Waals surface area contributed by atoms with E-state index in [-0.39, 0.29) is 12.6 Å². The van der Waals surface area contributed by atoms with Gasteiger partial charge in [0.1, 0.15) is 6.61 Å². The van der Waals surface area contributed by atoms with Crippen molar-refractivity contribution in [2.24, 2.45) is 5.73 Å². The lowest BCUT2D eigenvalue weighted by molar-refractivity contribution is -0.140. The van der Waals surface area contributed by atoms with Crippen LogP contribution < -0.4 is 11.1 Å². The first kappa shape index (κ1) is 22.8. The minimum Gasteiger partial charge on any atom is -0.461 e. The number of primary amides is 1. The number of allylic oxidation sites excluding steroid dienone is 1. The molecule has 0 aromatic carbocycles. The molecule has 8 nitrogen and oxygen atoms in total. The van der Waals surface area contributed by atoms with Gasteiger partial charge in [-0.1, -0.05) is 19.7 Å². The summed E-state index contributed by atoms with van der Waals surface area (Å²) in [7, 11) is 0. The second-order valence-electron chi connectivity index (χ2n) is 4.22. The lowest BCUT2D eigenvalue weighted by atomic mass is 10.4. The second kappa shape index (κ2) is 14.5. The number of amides is 1. The zero-order valence-electron chi connectivity index (χ0n) is 13.3. The maximum absolute atomic E-state index is 11.0. The van der Waals surface area contributed by atoms with E-state index >= 15 is 0 Å². The van der Waals surface area contributed by atoms with Crippen molar-refractivity contribution in [2.75, 3.05) is 26.2 Å². The number of hydrogen-bond acceptors (Lipinski definition) is 7. The van der Waals surface area contributed by atoms with Gasteiger partial charge >= 0.3 is 5.97 Å². The average Bonchev–Trinajstić information content (AvgIpc) is 2.93. The van der Waals surface area contributed by atoms with Crippen LogP contribution in [0.15, 0.2) is 37.5 Å². The number of aliphatic hydroxyl groups is 1. The van der Waals surface area contributed by atoms with Crippen molar-refractivity contribution in [1.82, 2.24) is 10.2 Å². The van der Waals surface area contributed by atoms with E-state index in [1.807, 2.05) is 0 Å². The summed E-state index contributed by atoms with van der Waals surface area (Å²) in [6.07, 6.45) is 1.62. The molecule has 0 radical (unpaired) electrons. The van der Waals surface area contributed by atoms with E-state index in [0.717, 1.165) is 19.2 Å². The largest absolute Gasteiger partial charge is 0.461 e. The Labute approximate surface area is 136 Å². The summed E-state index contributed by atoms with van der Waals surface area (Å²) in [6, 6.07) is 1.69. The standard InChI is InChI=1S/C9H16N2O3.C3H5NO.C3H3N/c1-7(2)8(12)14-6-5-11-4-3-10-9(11)13;1-2-3(4)5;1-2-3-4/h9-10,13H,1,3-6H2,2H3;2H,1H2,(H2,4,5);2H,1H2. The summed E-state index contributed by atoms with van der Waals surface area (Å²) in [5.74, 6) is -0.864. The highest BCUT2D eigenvalue weighted by molar-refractivity contribution is 5.86. The maximum Gasteiger partial charge on any atom is 0.333 e. The van der Waals surface area contributed by atoms with Crippen LogP contribution in [0.3, 0.4) is 0 Å². The number of nitriles is 1. The Morgan fingerprint density at radius 3 is 2.39 bits per heavy atom. The Bertz CT molecular complexity index is 457. The SMILES string of the molecule is C=C(C)C(=O)OCCN1CCNC1O.C=CC#N.C=CC(N)=O. The average molecular weight is 324 g/mol. The van der Waals surface area contributed by atoms with Crippen LogP contribution in [0.1, 0.15) is 6.92 Å². The summed E-state index contributed by atoms with van der Waals surface area (Å²) >= 11 is 0. The molecule has 128 valence electrons. The van der Waals surface area contributed by atoms with Gasteiger partial charge in [0.15, 0.2) is 6.35 Å². The van der Waals surface area contributed by atoms with Crippen molar-refractivity contribution in [2.45, 2.75) is 13.3 Å². The number of carbonyl (C=O) groups excluding carboxylic acids is 2. The summed E-state index contributed by atoms with van der Waals surface area (Å²) in [5.41, 5.74) is 4.93. The predicted molar refractivity (Wildman–Crippen MR) is 86.6 cm³/mol. The molecule has 0 aliphatic carbocycles. The topological polar surface area (TPSA) is 129 Å². The van der Waals surface area contributed by atoms with Gasteiger partial charge in [0.2, 0.25) is 5.91 Å². The fourth-order valence-corrected chi connectivity index (χ4v) is 1.20. The van der Waals surface area contributed by atoms with E-state index < -0.39 is 12.3 Å². The van der Waals surface area contributed by atoms with Gasteiger partial charge in [-0.3, -0.25) is 15.0 Å². The quantitative estimate of drug-likeness (QED) is 0.358. The van der Waals surface area contributed by atoms with E-state index in [4.69, 9.17) is 10.00 Å². The van der Waals surface area contributed by atoms with E-state index in [1.54, 1.807) is 17.9 Å². The second-order valence-corrected chi connectivity index (χ2v) is 4.22. The minimum absolute atomic E-state index is 0.282. The minimum atomic E-state index is -0.612. The summed E-state index contributed by atoms with van der Waals surface area (Å²) in [5, 5.41) is 19.7. The number of esters is 1. The van der Waals surface area contributed by atoms with Crippen LogP contribution in [0.25, 0.3) is 0 Å². The first-order valence-electron chi connectivity index (χ1n) is 6.70. The molecule has 1 heterocycles. The lowest BCUT2D eigenvalue weighted by Gasteiger charge is -2.18. The van der Waals surface area contributed by atoms with Crippen molar-refractivity contribution >= 4 is 11.9 Å². The Morgan fingerprint density at radius 1 is 1.57 bits per heavy atom. The highest BCUT2D eigenvalue weighted by Gasteiger charge is 2.20. The molecule has 4 N–H and O–H groups in total. The molecule has 23 heavy (non-hydrogen) atoms. The summed E-state index contributed by atoms with van der Waals surface area (Å²) in [6.45, 7) is 13.6. The highest BCUT2D eigenvalue weighted by Crippen LogP contribution is 2.00. The Kier molecular flexibility index (Phi) is 14.3. The number of nitrogens with two attached hydrogens (primary N) is 1. The molecule has 0 spiro atoms. The summed E-state index contributed by atoms with van der Waals surface area (Å²) in [4.78, 5) is 22.2. The molecule has 1 amide bonds. The smallest absolute Gasteiger partial charge is 0.333 e. The van der Waals surface area contributed by atoms with Crippen LogP contribution in [-0.4, -0.2) is 54.5 Å².